The van der Waals surface area contributed by atoms with E-state index in [1.165, 1.54) is 0 Å². The number of rotatable bonds is 2. The first-order chi connectivity index (χ1) is 5.42. The average Bonchev–Trinajstić information content (AvgIpc) is 2.28. The Hall–Kier alpha value is -0.570. The lowest BCUT2D eigenvalue weighted by molar-refractivity contribution is -0.122. The number of carbonyl (C=O) groups excluding carboxylic acids is 1. The molecule has 3 heteroatoms. The van der Waals surface area contributed by atoms with Gasteiger partial charge in [-0.2, -0.15) is 0 Å². The molecule has 1 saturated heterocycles. The van der Waals surface area contributed by atoms with Gasteiger partial charge in [-0.05, 0) is 25.3 Å². The Morgan fingerprint density at radius 1 is 1.58 bits per heavy atom. The van der Waals surface area contributed by atoms with Crippen molar-refractivity contribution in [3.63, 3.8) is 0 Å². The number of carbonyl (C=O) groups is 1. The Balaban J connectivity index is 2.52. The number of primary amides is 1. The van der Waals surface area contributed by atoms with Gasteiger partial charge in [0.1, 0.15) is 0 Å². The molecular weight excluding hydrogens is 152 g/mol. The molecule has 0 aromatic carbocycles. The lowest BCUT2D eigenvalue weighted by Gasteiger charge is -2.23. The molecule has 1 unspecified atom stereocenters. The van der Waals surface area contributed by atoms with Crippen molar-refractivity contribution < 1.29 is 4.79 Å². The summed E-state index contributed by atoms with van der Waals surface area (Å²) < 4.78 is 0. The predicted molar refractivity (Wildman–Crippen MR) is 48.6 cm³/mol. The SMILES string of the molecule is CC(C(N)=O)N1CCC(C)(C)C1. The van der Waals surface area contributed by atoms with Crippen LogP contribution in [0, 0.1) is 5.41 Å². The Morgan fingerprint density at radius 2 is 2.17 bits per heavy atom. The summed E-state index contributed by atoms with van der Waals surface area (Å²) in [6, 6.07) is -0.105. The van der Waals surface area contributed by atoms with Gasteiger partial charge in [-0.15, -0.1) is 0 Å². The van der Waals surface area contributed by atoms with Gasteiger partial charge in [0.05, 0.1) is 6.04 Å². The molecule has 1 fully saturated rings. The Labute approximate surface area is 73.9 Å². The molecule has 1 rings (SSSR count). The lowest BCUT2D eigenvalue weighted by Crippen LogP contribution is -2.41. The van der Waals surface area contributed by atoms with E-state index in [0.29, 0.717) is 5.41 Å². The molecule has 70 valence electrons. The van der Waals surface area contributed by atoms with Crippen LogP contribution >= 0.6 is 0 Å². The summed E-state index contributed by atoms with van der Waals surface area (Å²) in [6.45, 7) is 8.30. The maximum Gasteiger partial charge on any atom is 0.234 e. The van der Waals surface area contributed by atoms with Crippen LogP contribution in [0.25, 0.3) is 0 Å². The van der Waals surface area contributed by atoms with Gasteiger partial charge in [0.25, 0.3) is 0 Å². The van der Waals surface area contributed by atoms with Crippen LogP contribution < -0.4 is 5.73 Å². The van der Waals surface area contributed by atoms with Crippen LogP contribution in [-0.4, -0.2) is 29.9 Å². The summed E-state index contributed by atoms with van der Waals surface area (Å²) in [5, 5.41) is 0. The smallest absolute Gasteiger partial charge is 0.234 e. The molecule has 0 aliphatic carbocycles. The van der Waals surface area contributed by atoms with E-state index in [4.69, 9.17) is 5.73 Å². The molecule has 1 amide bonds. The Morgan fingerprint density at radius 3 is 2.50 bits per heavy atom. The zero-order valence-electron chi connectivity index (χ0n) is 8.13. The molecule has 1 aliphatic heterocycles. The van der Waals surface area contributed by atoms with Crippen molar-refractivity contribution in [1.29, 1.82) is 0 Å². The van der Waals surface area contributed by atoms with Crippen molar-refractivity contribution in [2.45, 2.75) is 33.2 Å². The molecule has 0 spiro atoms. The van der Waals surface area contributed by atoms with Crippen molar-refractivity contribution in [2.75, 3.05) is 13.1 Å². The molecule has 1 aliphatic rings. The van der Waals surface area contributed by atoms with E-state index in [1.807, 2.05) is 6.92 Å². The maximum atomic E-state index is 10.9. The first kappa shape index (κ1) is 9.52. The number of nitrogens with zero attached hydrogens (tertiary/aromatic N) is 1. The van der Waals surface area contributed by atoms with Crippen LogP contribution in [0.15, 0.2) is 0 Å². The highest BCUT2D eigenvalue weighted by atomic mass is 16.1. The monoisotopic (exact) mass is 170 g/mol. The fourth-order valence-corrected chi connectivity index (χ4v) is 1.66. The average molecular weight is 170 g/mol. The second kappa shape index (κ2) is 3.05. The van der Waals surface area contributed by atoms with E-state index in [9.17, 15) is 4.79 Å². The third-order valence-corrected chi connectivity index (χ3v) is 2.67. The first-order valence-corrected chi connectivity index (χ1v) is 4.46. The van der Waals surface area contributed by atoms with E-state index in [1.54, 1.807) is 0 Å². The van der Waals surface area contributed by atoms with Crippen molar-refractivity contribution in [3.05, 3.63) is 0 Å². The minimum absolute atomic E-state index is 0.105. The molecule has 1 heterocycles. The molecular formula is C9H18N2O. The van der Waals surface area contributed by atoms with Crippen molar-refractivity contribution >= 4 is 5.91 Å². The Bertz CT molecular complexity index is 189. The quantitative estimate of drug-likeness (QED) is 0.659. The highest BCUT2D eigenvalue weighted by molar-refractivity contribution is 5.79. The maximum absolute atomic E-state index is 10.9. The third-order valence-electron chi connectivity index (χ3n) is 2.67. The molecule has 0 radical (unpaired) electrons. The summed E-state index contributed by atoms with van der Waals surface area (Å²) in [4.78, 5) is 13.0. The van der Waals surface area contributed by atoms with Crippen LogP contribution in [0.1, 0.15) is 27.2 Å². The van der Waals surface area contributed by atoms with Crippen molar-refractivity contribution in [3.8, 4) is 0 Å². The highest BCUT2D eigenvalue weighted by Crippen LogP contribution is 2.29. The second-order valence-corrected chi connectivity index (χ2v) is 4.46. The van der Waals surface area contributed by atoms with Gasteiger partial charge in [-0.3, -0.25) is 9.69 Å². The minimum Gasteiger partial charge on any atom is -0.368 e. The summed E-state index contributed by atoms with van der Waals surface area (Å²) in [5.74, 6) is -0.215. The van der Waals surface area contributed by atoms with Gasteiger partial charge in [0.15, 0.2) is 0 Å². The standard InChI is InChI=1S/C9H18N2O/c1-7(8(10)12)11-5-4-9(2,3)6-11/h7H,4-6H2,1-3H3,(H2,10,12). The molecule has 0 aromatic heterocycles. The van der Waals surface area contributed by atoms with Gasteiger partial charge >= 0.3 is 0 Å². The predicted octanol–water partition coefficient (Wildman–Crippen LogP) is 0.592. The van der Waals surface area contributed by atoms with E-state index < -0.39 is 0 Å². The molecule has 12 heavy (non-hydrogen) atoms. The molecule has 1 atom stereocenters. The summed E-state index contributed by atoms with van der Waals surface area (Å²) in [5.41, 5.74) is 5.57. The first-order valence-electron chi connectivity index (χ1n) is 4.46. The van der Waals surface area contributed by atoms with Gasteiger partial charge in [0.2, 0.25) is 5.91 Å². The van der Waals surface area contributed by atoms with Crippen LogP contribution in [0.5, 0.6) is 0 Å². The largest absolute Gasteiger partial charge is 0.368 e. The molecule has 0 aromatic rings. The minimum atomic E-state index is -0.215. The number of amides is 1. The normalized spacial score (nSPS) is 25.6. The van der Waals surface area contributed by atoms with Crippen molar-refractivity contribution in [1.82, 2.24) is 4.90 Å². The van der Waals surface area contributed by atoms with Gasteiger partial charge in [-0.1, -0.05) is 13.8 Å². The molecule has 0 bridgehead atoms. The highest BCUT2D eigenvalue weighted by Gasteiger charge is 2.33. The number of likely N-dealkylation sites (tertiary alicyclic amines) is 1. The number of hydrogen-bond acceptors (Lipinski definition) is 2. The van der Waals surface area contributed by atoms with Crippen LogP contribution in [-0.2, 0) is 4.79 Å². The molecule has 0 saturated carbocycles. The lowest BCUT2D eigenvalue weighted by atomic mass is 9.93. The van der Waals surface area contributed by atoms with E-state index >= 15 is 0 Å². The van der Waals surface area contributed by atoms with E-state index in [2.05, 4.69) is 18.7 Å². The fourth-order valence-electron chi connectivity index (χ4n) is 1.66. The Kier molecular flexibility index (Phi) is 2.42. The van der Waals surface area contributed by atoms with Crippen LogP contribution in [0.2, 0.25) is 0 Å². The van der Waals surface area contributed by atoms with Gasteiger partial charge < -0.3 is 5.73 Å². The number of hydrogen-bond donors (Lipinski definition) is 1. The summed E-state index contributed by atoms with van der Waals surface area (Å²) in [7, 11) is 0. The second-order valence-electron chi connectivity index (χ2n) is 4.46. The summed E-state index contributed by atoms with van der Waals surface area (Å²) in [6.07, 6.45) is 1.16. The fraction of sp³-hybridized carbons (Fsp3) is 0.889. The molecule has 2 N–H and O–H groups in total. The topological polar surface area (TPSA) is 46.3 Å². The summed E-state index contributed by atoms with van der Waals surface area (Å²) >= 11 is 0. The van der Waals surface area contributed by atoms with Crippen molar-refractivity contribution in [2.24, 2.45) is 11.1 Å². The zero-order valence-corrected chi connectivity index (χ0v) is 8.13. The third kappa shape index (κ3) is 1.97. The van der Waals surface area contributed by atoms with E-state index in [-0.39, 0.29) is 11.9 Å². The molecule has 3 nitrogen and oxygen atoms in total. The van der Waals surface area contributed by atoms with E-state index in [0.717, 1.165) is 19.5 Å². The van der Waals surface area contributed by atoms with Crippen LogP contribution in [0.4, 0.5) is 0 Å². The van der Waals surface area contributed by atoms with Gasteiger partial charge in [-0.25, -0.2) is 0 Å². The zero-order chi connectivity index (χ0) is 9.35. The van der Waals surface area contributed by atoms with Crippen LogP contribution in [0.3, 0.4) is 0 Å². The number of nitrogens with two attached hydrogens (primary N) is 1. The van der Waals surface area contributed by atoms with Gasteiger partial charge in [0, 0.05) is 6.54 Å².